The number of halogens is 1. The van der Waals surface area contributed by atoms with Crippen molar-refractivity contribution in [3.8, 4) is 0 Å². The summed E-state index contributed by atoms with van der Waals surface area (Å²) in [6, 6.07) is 6.21. The number of carbonyl (C=O) groups is 1. The normalized spacial score (nSPS) is 17.3. The topological polar surface area (TPSA) is 93.2 Å². The number of aryl methyl sites for hydroxylation is 1. The number of H-pyrrole nitrogens is 1. The van der Waals surface area contributed by atoms with Gasteiger partial charge in [-0.3, -0.25) is 0 Å². The molecule has 1 aliphatic rings. The summed E-state index contributed by atoms with van der Waals surface area (Å²) in [5.74, 6) is 0.184. The highest BCUT2D eigenvalue weighted by molar-refractivity contribution is 5.72. The summed E-state index contributed by atoms with van der Waals surface area (Å²) in [5.41, 5.74) is 2.42. The number of morpholine rings is 1. The predicted molar refractivity (Wildman–Crippen MR) is 93.3 cm³/mol. The van der Waals surface area contributed by atoms with Crippen molar-refractivity contribution in [2.75, 3.05) is 19.7 Å². The molecule has 0 saturated carbocycles. The highest BCUT2D eigenvalue weighted by atomic mass is 19.1. The summed E-state index contributed by atoms with van der Waals surface area (Å²) in [6.07, 6.45) is 0.517. The van der Waals surface area contributed by atoms with E-state index in [1.165, 1.54) is 17.3 Å². The number of hydrogen-bond acceptors (Lipinski definition) is 6. The molecule has 1 aromatic carbocycles. The van der Waals surface area contributed by atoms with Crippen LogP contribution in [0.4, 0.5) is 9.18 Å². The molecule has 0 radical (unpaired) electrons. The minimum atomic E-state index is -0.515. The van der Waals surface area contributed by atoms with Gasteiger partial charge in [0.1, 0.15) is 36.2 Å². The van der Waals surface area contributed by atoms with Crippen LogP contribution in [-0.4, -0.2) is 50.6 Å². The lowest BCUT2D eigenvalue weighted by Crippen LogP contribution is -2.42. The van der Waals surface area contributed by atoms with Crippen molar-refractivity contribution in [1.82, 2.24) is 24.8 Å². The third kappa shape index (κ3) is 3.59. The highest BCUT2D eigenvalue weighted by Gasteiger charge is 2.29. The zero-order chi connectivity index (χ0) is 18.8. The van der Waals surface area contributed by atoms with Gasteiger partial charge < -0.3 is 19.4 Å². The smallest absolute Gasteiger partial charge is 0.410 e. The van der Waals surface area contributed by atoms with Crippen LogP contribution in [-0.2, 0) is 16.1 Å². The molecule has 1 unspecified atom stereocenters. The molecule has 3 heterocycles. The number of benzene rings is 1. The molecule has 9 heteroatoms. The summed E-state index contributed by atoms with van der Waals surface area (Å²) in [6.45, 7) is 2.77. The van der Waals surface area contributed by atoms with Crippen molar-refractivity contribution in [1.29, 1.82) is 0 Å². The molecule has 0 bridgehead atoms. The Balaban J connectivity index is 1.43. The van der Waals surface area contributed by atoms with E-state index in [4.69, 9.17) is 9.47 Å². The van der Waals surface area contributed by atoms with Crippen molar-refractivity contribution in [2.24, 2.45) is 0 Å². The number of carbonyl (C=O) groups excluding carboxylic acids is 1. The molecule has 8 nitrogen and oxygen atoms in total. The fourth-order valence-electron chi connectivity index (χ4n) is 2.94. The summed E-state index contributed by atoms with van der Waals surface area (Å²) >= 11 is 0. The zero-order valence-corrected chi connectivity index (χ0v) is 14.7. The number of hydrogen-bond donors (Lipinski definition) is 1. The van der Waals surface area contributed by atoms with Gasteiger partial charge in [0.2, 0.25) is 0 Å². The minimum Gasteiger partial charge on any atom is -0.444 e. The average molecular weight is 371 g/mol. The Bertz CT molecular complexity index is 977. The fourth-order valence-corrected chi connectivity index (χ4v) is 2.94. The van der Waals surface area contributed by atoms with Gasteiger partial charge >= 0.3 is 6.09 Å². The van der Waals surface area contributed by atoms with Gasteiger partial charge in [0.05, 0.1) is 18.8 Å². The van der Waals surface area contributed by atoms with Gasteiger partial charge in [-0.2, -0.15) is 0 Å². The van der Waals surface area contributed by atoms with Crippen LogP contribution in [0.1, 0.15) is 23.2 Å². The van der Waals surface area contributed by atoms with E-state index in [2.05, 4.69) is 19.9 Å². The quantitative estimate of drug-likeness (QED) is 0.760. The van der Waals surface area contributed by atoms with Crippen LogP contribution >= 0.6 is 0 Å². The Hall–Kier alpha value is -3.07. The number of aromatic nitrogens is 4. The number of rotatable bonds is 3. The summed E-state index contributed by atoms with van der Waals surface area (Å²) < 4.78 is 24.6. The van der Waals surface area contributed by atoms with Crippen LogP contribution in [0.25, 0.3) is 11.2 Å². The third-order valence-electron chi connectivity index (χ3n) is 4.43. The number of nitrogens with zero attached hydrogens (tertiary/aromatic N) is 4. The SMILES string of the molecule is Cc1ncnc2nc(C3CN(C(=O)OCc4ccccc4F)CCO3)[nH]c12. The Kier molecular flexibility index (Phi) is 4.68. The van der Waals surface area contributed by atoms with Crippen LogP contribution in [0.2, 0.25) is 0 Å². The van der Waals surface area contributed by atoms with Gasteiger partial charge in [0.15, 0.2) is 5.65 Å². The first-order chi connectivity index (χ1) is 13.1. The molecular formula is C18H18FN5O3. The number of fused-ring (bicyclic) bond motifs is 1. The molecule has 1 saturated heterocycles. The standard InChI is InChI=1S/C18H18FN5O3/c1-11-15-17(21-10-20-11)23-16(22-15)14-8-24(6-7-26-14)18(25)27-9-12-4-2-3-5-13(12)19/h2-5,10,14H,6-9H2,1H3,(H,20,21,22,23). The van der Waals surface area contributed by atoms with Crippen molar-refractivity contribution in [3.63, 3.8) is 0 Å². The Labute approximate surface area is 154 Å². The lowest BCUT2D eigenvalue weighted by atomic mass is 10.2. The second-order valence-electron chi connectivity index (χ2n) is 6.23. The van der Waals surface area contributed by atoms with Crippen molar-refractivity contribution in [2.45, 2.75) is 19.6 Å². The second kappa shape index (κ2) is 7.28. The van der Waals surface area contributed by atoms with Gasteiger partial charge in [-0.05, 0) is 13.0 Å². The Morgan fingerprint density at radius 2 is 2.26 bits per heavy atom. The molecule has 1 atom stereocenters. The molecule has 1 fully saturated rings. The summed E-state index contributed by atoms with van der Waals surface area (Å²) in [7, 11) is 0. The molecule has 27 heavy (non-hydrogen) atoms. The van der Waals surface area contributed by atoms with Crippen LogP contribution in [0.5, 0.6) is 0 Å². The fraction of sp³-hybridized carbons (Fsp3) is 0.333. The second-order valence-corrected chi connectivity index (χ2v) is 6.23. The van der Waals surface area contributed by atoms with Crippen molar-refractivity contribution in [3.05, 3.63) is 53.5 Å². The van der Waals surface area contributed by atoms with E-state index >= 15 is 0 Å². The van der Waals surface area contributed by atoms with Gasteiger partial charge in [-0.15, -0.1) is 0 Å². The Morgan fingerprint density at radius 3 is 3.07 bits per heavy atom. The maximum Gasteiger partial charge on any atom is 0.410 e. The van der Waals surface area contributed by atoms with Crippen LogP contribution in [0.3, 0.4) is 0 Å². The van der Waals surface area contributed by atoms with E-state index in [0.29, 0.717) is 30.2 Å². The van der Waals surface area contributed by atoms with Gasteiger partial charge in [0.25, 0.3) is 0 Å². The maximum absolute atomic E-state index is 13.7. The van der Waals surface area contributed by atoms with Gasteiger partial charge in [-0.1, -0.05) is 18.2 Å². The molecular weight excluding hydrogens is 353 g/mol. The van der Waals surface area contributed by atoms with E-state index in [-0.39, 0.29) is 13.2 Å². The predicted octanol–water partition coefficient (Wildman–Crippen LogP) is 2.51. The van der Waals surface area contributed by atoms with Crippen LogP contribution in [0.15, 0.2) is 30.6 Å². The summed E-state index contributed by atoms with van der Waals surface area (Å²) in [4.78, 5) is 29.8. The lowest BCUT2D eigenvalue weighted by Gasteiger charge is -2.31. The molecule has 1 N–H and O–H groups in total. The van der Waals surface area contributed by atoms with Crippen LogP contribution in [0, 0.1) is 12.7 Å². The van der Waals surface area contributed by atoms with E-state index in [1.54, 1.807) is 18.2 Å². The van der Waals surface area contributed by atoms with Crippen molar-refractivity contribution >= 4 is 17.3 Å². The van der Waals surface area contributed by atoms with E-state index in [9.17, 15) is 9.18 Å². The zero-order valence-electron chi connectivity index (χ0n) is 14.7. The number of nitrogens with one attached hydrogen (secondary N) is 1. The number of ether oxygens (including phenoxy) is 2. The summed E-state index contributed by atoms with van der Waals surface area (Å²) in [5, 5.41) is 0. The molecule has 2 aromatic heterocycles. The number of amides is 1. The molecule has 3 aromatic rings. The molecule has 140 valence electrons. The molecule has 0 aliphatic carbocycles. The first-order valence-corrected chi connectivity index (χ1v) is 8.55. The van der Waals surface area contributed by atoms with E-state index in [0.717, 1.165) is 11.2 Å². The lowest BCUT2D eigenvalue weighted by molar-refractivity contribution is -0.0330. The van der Waals surface area contributed by atoms with E-state index in [1.807, 2.05) is 6.92 Å². The monoisotopic (exact) mass is 371 g/mol. The minimum absolute atomic E-state index is 0.118. The first kappa shape index (κ1) is 17.3. The Morgan fingerprint density at radius 1 is 1.41 bits per heavy atom. The largest absolute Gasteiger partial charge is 0.444 e. The van der Waals surface area contributed by atoms with Gasteiger partial charge in [0, 0.05) is 12.1 Å². The molecule has 4 rings (SSSR count). The molecule has 1 amide bonds. The highest BCUT2D eigenvalue weighted by Crippen LogP contribution is 2.23. The maximum atomic E-state index is 13.7. The van der Waals surface area contributed by atoms with Crippen molar-refractivity contribution < 1.29 is 18.7 Å². The number of aromatic amines is 1. The molecule has 0 spiro atoms. The third-order valence-corrected chi connectivity index (χ3v) is 4.43. The number of imidazole rings is 1. The average Bonchev–Trinajstić information content (AvgIpc) is 3.13. The first-order valence-electron chi connectivity index (χ1n) is 8.55. The van der Waals surface area contributed by atoms with Gasteiger partial charge in [-0.25, -0.2) is 24.1 Å². The van der Waals surface area contributed by atoms with Crippen LogP contribution < -0.4 is 0 Å². The molecule has 1 aliphatic heterocycles. The van der Waals surface area contributed by atoms with E-state index < -0.39 is 18.0 Å².